The molecule has 0 aliphatic carbocycles. The van der Waals surface area contributed by atoms with Gasteiger partial charge in [0.15, 0.2) is 0 Å². The number of anilines is 3. The Morgan fingerprint density at radius 2 is 1.76 bits per heavy atom. The summed E-state index contributed by atoms with van der Waals surface area (Å²) in [6, 6.07) is 10.8. The molecule has 0 saturated carbocycles. The summed E-state index contributed by atoms with van der Waals surface area (Å²) < 4.78 is 0. The fourth-order valence-electron chi connectivity index (χ4n) is 4.32. The molecule has 0 bridgehead atoms. The quantitative estimate of drug-likeness (QED) is 0.661. The van der Waals surface area contributed by atoms with Crippen LogP contribution in [0, 0.1) is 5.92 Å². The average molecular weight is 398 g/mol. The molecule has 2 fully saturated rings. The van der Waals surface area contributed by atoms with Crippen molar-refractivity contribution in [3.63, 3.8) is 0 Å². The van der Waals surface area contributed by atoms with Crippen LogP contribution in [0.5, 0.6) is 0 Å². The minimum atomic E-state index is 0.160. The molecule has 0 radical (unpaired) electrons. The van der Waals surface area contributed by atoms with Gasteiger partial charge >= 0.3 is 0 Å². The van der Waals surface area contributed by atoms with Crippen molar-refractivity contribution < 1.29 is 10.2 Å². The minimum Gasteiger partial charge on any atom is -0.396 e. The van der Waals surface area contributed by atoms with Crippen molar-refractivity contribution in [1.29, 1.82) is 0 Å². The highest BCUT2D eigenvalue weighted by molar-refractivity contribution is 5.51. The van der Waals surface area contributed by atoms with Gasteiger partial charge < -0.3 is 25.3 Å². The van der Waals surface area contributed by atoms with Crippen LogP contribution in [0.2, 0.25) is 0 Å². The fraction of sp³-hybridized carbons (Fsp3) is 0.545. The molecule has 7 heteroatoms. The standard InChI is InChI=1S/C22H31N5O2/c28-14-18-7-10-26(11-8-18)19-5-3-17(4-6-19)13-23-21-12-22(25-16-24-21)27-9-1-2-20(27)15-29/h3-6,12,16,18,20,28-29H,1-2,7-11,13-15H2,(H,23,24,25). The number of aliphatic hydroxyl groups is 2. The van der Waals surface area contributed by atoms with Crippen molar-refractivity contribution in [3.05, 3.63) is 42.2 Å². The van der Waals surface area contributed by atoms with Gasteiger partial charge in [-0.3, -0.25) is 0 Å². The second kappa shape index (κ2) is 9.41. The Morgan fingerprint density at radius 3 is 2.48 bits per heavy atom. The molecule has 2 aliphatic rings. The molecular formula is C22H31N5O2. The topological polar surface area (TPSA) is 84.8 Å². The smallest absolute Gasteiger partial charge is 0.134 e. The third-order valence-corrected chi connectivity index (χ3v) is 6.18. The van der Waals surface area contributed by atoms with E-state index in [1.54, 1.807) is 6.33 Å². The van der Waals surface area contributed by atoms with E-state index < -0.39 is 0 Å². The summed E-state index contributed by atoms with van der Waals surface area (Å²) in [6.45, 7) is 4.12. The summed E-state index contributed by atoms with van der Waals surface area (Å²) in [5, 5.41) is 22.2. The van der Waals surface area contributed by atoms with Gasteiger partial charge in [0.25, 0.3) is 0 Å². The number of rotatable bonds is 7. The third kappa shape index (κ3) is 4.79. The van der Waals surface area contributed by atoms with Crippen molar-refractivity contribution in [2.24, 2.45) is 5.92 Å². The van der Waals surface area contributed by atoms with Crippen LogP contribution in [0.15, 0.2) is 36.7 Å². The zero-order chi connectivity index (χ0) is 20.1. The Bertz CT molecular complexity index is 777. The Kier molecular flexibility index (Phi) is 6.46. The monoisotopic (exact) mass is 397 g/mol. The molecule has 29 heavy (non-hydrogen) atoms. The maximum Gasteiger partial charge on any atom is 0.134 e. The molecule has 3 N–H and O–H groups in total. The van der Waals surface area contributed by atoms with Crippen LogP contribution in [0.3, 0.4) is 0 Å². The number of nitrogens with one attached hydrogen (secondary N) is 1. The van der Waals surface area contributed by atoms with Crippen LogP contribution >= 0.6 is 0 Å². The third-order valence-electron chi connectivity index (χ3n) is 6.18. The average Bonchev–Trinajstić information content (AvgIpc) is 3.27. The van der Waals surface area contributed by atoms with E-state index in [9.17, 15) is 10.2 Å². The maximum atomic E-state index is 9.55. The van der Waals surface area contributed by atoms with Crippen molar-refractivity contribution in [3.8, 4) is 0 Å². The van der Waals surface area contributed by atoms with Gasteiger partial charge in [-0.25, -0.2) is 9.97 Å². The summed E-state index contributed by atoms with van der Waals surface area (Å²) in [7, 11) is 0. The lowest BCUT2D eigenvalue weighted by molar-refractivity contribution is 0.203. The predicted octanol–water partition coefficient (Wildman–Crippen LogP) is 2.26. The normalized spacial score (nSPS) is 20.3. The lowest BCUT2D eigenvalue weighted by Gasteiger charge is -2.33. The highest BCUT2D eigenvalue weighted by atomic mass is 16.3. The van der Waals surface area contributed by atoms with Crippen LogP contribution in [-0.4, -0.2) is 59.1 Å². The van der Waals surface area contributed by atoms with Crippen molar-refractivity contribution in [2.45, 2.75) is 38.3 Å². The SMILES string of the molecule is OCC1CCN(c2ccc(CNc3cc(N4CCCC4CO)ncn3)cc2)CC1. The van der Waals surface area contributed by atoms with Gasteiger partial charge in [-0.2, -0.15) is 0 Å². The zero-order valence-corrected chi connectivity index (χ0v) is 16.9. The van der Waals surface area contributed by atoms with Crippen molar-refractivity contribution >= 4 is 17.3 Å². The van der Waals surface area contributed by atoms with E-state index in [-0.39, 0.29) is 12.6 Å². The molecule has 4 rings (SSSR count). The molecule has 1 atom stereocenters. The van der Waals surface area contributed by atoms with E-state index in [1.807, 2.05) is 6.07 Å². The van der Waals surface area contributed by atoms with Gasteiger partial charge in [-0.15, -0.1) is 0 Å². The highest BCUT2D eigenvalue weighted by Gasteiger charge is 2.25. The molecule has 1 aromatic heterocycles. The molecule has 2 saturated heterocycles. The molecule has 156 valence electrons. The maximum absolute atomic E-state index is 9.55. The second-order valence-electron chi connectivity index (χ2n) is 8.07. The fourth-order valence-corrected chi connectivity index (χ4v) is 4.32. The molecule has 0 amide bonds. The highest BCUT2D eigenvalue weighted by Crippen LogP contribution is 2.25. The predicted molar refractivity (Wildman–Crippen MR) is 115 cm³/mol. The van der Waals surface area contributed by atoms with E-state index >= 15 is 0 Å². The first kappa shape index (κ1) is 19.9. The van der Waals surface area contributed by atoms with E-state index in [0.717, 1.165) is 57.0 Å². The van der Waals surface area contributed by atoms with Crippen molar-refractivity contribution in [2.75, 3.05) is 48.0 Å². The van der Waals surface area contributed by atoms with Gasteiger partial charge in [0.1, 0.15) is 18.0 Å². The first-order valence-electron chi connectivity index (χ1n) is 10.6. The molecule has 3 heterocycles. The largest absolute Gasteiger partial charge is 0.396 e. The summed E-state index contributed by atoms with van der Waals surface area (Å²) in [5.74, 6) is 2.13. The second-order valence-corrected chi connectivity index (χ2v) is 8.07. The van der Waals surface area contributed by atoms with Crippen LogP contribution in [0.1, 0.15) is 31.2 Å². The number of hydrogen-bond donors (Lipinski definition) is 3. The molecule has 2 aliphatic heterocycles. The van der Waals surface area contributed by atoms with E-state index in [4.69, 9.17) is 0 Å². The molecule has 2 aromatic rings. The number of aliphatic hydroxyl groups excluding tert-OH is 2. The minimum absolute atomic E-state index is 0.160. The molecule has 1 aromatic carbocycles. The molecule has 0 spiro atoms. The lowest BCUT2D eigenvalue weighted by Crippen LogP contribution is -2.34. The van der Waals surface area contributed by atoms with Gasteiger partial charge in [0.05, 0.1) is 12.6 Å². The van der Waals surface area contributed by atoms with Gasteiger partial charge in [-0.05, 0) is 49.3 Å². The summed E-state index contributed by atoms with van der Waals surface area (Å²) in [4.78, 5) is 13.3. The summed E-state index contributed by atoms with van der Waals surface area (Å²) in [5.41, 5.74) is 2.45. The Morgan fingerprint density at radius 1 is 0.966 bits per heavy atom. The van der Waals surface area contributed by atoms with Crippen LogP contribution in [0.25, 0.3) is 0 Å². The van der Waals surface area contributed by atoms with Gasteiger partial charge in [0, 0.05) is 44.5 Å². The van der Waals surface area contributed by atoms with Crippen LogP contribution < -0.4 is 15.1 Å². The lowest BCUT2D eigenvalue weighted by atomic mass is 9.97. The number of nitrogens with zero attached hydrogens (tertiary/aromatic N) is 4. The van der Waals surface area contributed by atoms with Gasteiger partial charge in [-0.1, -0.05) is 12.1 Å². The Balaban J connectivity index is 1.33. The number of hydrogen-bond acceptors (Lipinski definition) is 7. The zero-order valence-electron chi connectivity index (χ0n) is 16.9. The van der Waals surface area contributed by atoms with E-state index in [2.05, 4.69) is 49.4 Å². The molecule has 7 nitrogen and oxygen atoms in total. The first-order chi connectivity index (χ1) is 14.3. The first-order valence-corrected chi connectivity index (χ1v) is 10.6. The summed E-state index contributed by atoms with van der Waals surface area (Å²) in [6.07, 6.45) is 5.80. The Labute approximate surface area is 172 Å². The van der Waals surface area contributed by atoms with Gasteiger partial charge in [0.2, 0.25) is 0 Å². The van der Waals surface area contributed by atoms with Crippen molar-refractivity contribution in [1.82, 2.24) is 9.97 Å². The molecular weight excluding hydrogens is 366 g/mol. The Hall–Kier alpha value is -2.38. The van der Waals surface area contributed by atoms with E-state index in [1.165, 1.54) is 11.3 Å². The van der Waals surface area contributed by atoms with E-state index in [0.29, 0.717) is 19.1 Å². The summed E-state index contributed by atoms with van der Waals surface area (Å²) >= 11 is 0. The van der Waals surface area contributed by atoms with Crippen LogP contribution in [-0.2, 0) is 6.54 Å². The molecule has 1 unspecified atom stereocenters. The number of benzene rings is 1. The number of piperidine rings is 1. The number of aromatic nitrogens is 2. The van der Waals surface area contributed by atoms with Crippen LogP contribution in [0.4, 0.5) is 17.3 Å².